The lowest BCUT2D eigenvalue weighted by Gasteiger charge is -2.20. The summed E-state index contributed by atoms with van der Waals surface area (Å²) in [6.07, 6.45) is 4.64. The molecule has 2 N–H and O–H groups in total. The quantitative estimate of drug-likeness (QED) is 0.822. The van der Waals surface area contributed by atoms with Gasteiger partial charge < -0.3 is 15.4 Å². The van der Waals surface area contributed by atoms with Gasteiger partial charge in [0.15, 0.2) is 0 Å². The molecule has 2 rings (SSSR count). The summed E-state index contributed by atoms with van der Waals surface area (Å²) >= 11 is 3.53. The van der Waals surface area contributed by atoms with Gasteiger partial charge in [0.25, 0.3) is 0 Å². The highest BCUT2D eigenvalue weighted by Crippen LogP contribution is 2.26. The number of hydrogen-bond donors (Lipinski definition) is 2. The Labute approximate surface area is 134 Å². The molecule has 0 heterocycles. The summed E-state index contributed by atoms with van der Waals surface area (Å²) in [5.74, 6) is 0.0604. The number of hydrogen-bond acceptors (Lipinski definition) is 3. The van der Waals surface area contributed by atoms with Crippen molar-refractivity contribution >= 4 is 27.5 Å². The molecule has 1 atom stereocenters. The molecule has 5 heteroatoms. The van der Waals surface area contributed by atoms with Crippen LogP contribution in [0.3, 0.4) is 0 Å². The second-order valence-corrected chi connectivity index (χ2v) is 6.41. The molecule has 1 aliphatic rings. The van der Waals surface area contributed by atoms with Gasteiger partial charge in [0.05, 0.1) is 6.61 Å². The molecule has 0 spiro atoms. The lowest BCUT2D eigenvalue weighted by Crippen LogP contribution is -2.42. The molecule has 0 bridgehead atoms. The maximum atomic E-state index is 12.2. The third-order valence-electron chi connectivity index (χ3n) is 3.87. The van der Waals surface area contributed by atoms with Crippen LogP contribution >= 0.6 is 15.9 Å². The average molecular weight is 355 g/mol. The number of halogens is 1. The van der Waals surface area contributed by atoms with Crippen molar-refractivity contribution in [1.82, 2.24) is 5.32 Å². The lowest BCUT2D eigenvalue weighted by atomic mass is 10.1. The molecule has 1 amide bonds. The van der Waals surface area contributed by atoms with Gasteiger partial charge in [-0.2, -0.15) is 0 Å². The maximum absolute atomic E-state index is 12.2. The van der Waals surface area contributed by atoms with Crippen LogP contribution in [0.2, 0.25) is 0 Å². The van der Waals surface area contributed by atoms with E-state index in [1.807, 2.05) is 25.1 Å². The van der Waals surface area contributed by atoms with Crippen LogP contribution in [0, 0.1) is 0 Å². The van der Waals surface area contributed by atoms with Crippen LogP contribution in [-0.2, 0) is 16.1 Å². The number of carbonyl (C=O) groups excluding carboxylic acids is 1. The molecule has 1 unspecified atom stereocenters. The Bertz CT molecular complexity index is 487. The topological polar surface area (TPSA) is 50.4 Å². The minimum absolute atomic E-state index is 0.0604. The number of rotatable bonds is 6. The smallest absolute Gasteiger partial charge is 0.242 e. The summed E-state index contributed by atoms with van der Waals surface area (Å²) < 4.78 is 6.21. The third-order valence-corrected chi connectivity index (χ3v) is 4.62. The van der Waals surface area contributed by atoms with Crippen molar-refractivity contribution in [2.24, 2.45) is 0 Å². The monoisotopic (exact) mass is 354 g/mol. The van der Waals surface area contributed by atoms with E-state index in [4.69, 9.17) is 4.74 Å². The van der Waals surface area contributed by atoms with Crippen LogP contribution in [0.4, 0.5) is 5.69 Å². The predicted molar refractivity (Wildman–Crippen MR) is 88.3 cm³/mol. The van der Waals surface area contributed by atoms with Crippen molar-refractivity contribution in [3.63, 3.8) is 0 Å². The molecule has 0 radical (unpaired) electrons. The SMILES string of the molecule is COCc1c(Br)cccc1NC(C)C(=O)NC1CCCC1. The number of benzene rings is 1. The highest BCUT2D eigenvalue weighted by Gasteiger charge is 2.21. The first-order chi connectivity index (χ1) is 10.1. The highest BCUT2D eigenvalue weighted by atomic mass is 79.9. The molecule has 1 fully saturated rings. The van der Waals surface area contributed by atoms with Crippen molar-refractivity contribution < 1.29 is 9.53 Å². The van der Waals surface area contributed by atoms with Crippen molar-refractivity contribution in [3.8, 4) is 0 Å². The zero-order valence-corrected chi connectivity index (χ0v) is 14.2. The fraction of sp³-hybridized carbons (Fsp3) is 0.562. The lowest BCUT2D eigenvalue weighted by molar-refractivity contribution is -0.122. The van der Waals surface area contributed by atoms with Gasteiger partial charge in [-0.05, 0) is 31.9 Å². The molecule has 0 aromatic heterocycles. The number of ether oxygens (including phenoxy) is 1. The minimum Gasteiger partial charge on any atom is -0.380 e. The second-order valence-electron chi connectivity index (χ2n) is 5.55. The van der Waals surface area contributed by atoms with Crippen LogP contribution in [0.1, 0.15) is 38.2 Å². The third kappa shape index (κ3) is 4.45. The minimum atomic E-state index is -0.268. The number of carbonyl (C=O) groups is 1. The van der Waals surface area contributed by atoms with Gasteiger partial charge in [-0.1, -0.05) is 34.8 Å². The number of amides is 1. The Hall–Kier alpha value is -1.07. The Balaban J connectivity index is 1.99. The highest BCUT2D eigenvalue weighted by molar-refractivity contribution is 9.10. The first-order valence-corrected chi connectivity index (χ1v) is 8.24. The van der Waals surface area contributed by atoms with Crippen molar-refractivity contribution in [2.45, 2.75) is 51.3 Å². The van der Waals surface area contributed by atoms with E-state index in [1.165, 1.54) is 12.8 Å². The Morgan fingerprint density at radius 1 is 1.43 bits per heavy atom. The van der Waals surface area contributed by atoms with E-state index >= 15 is 0 Å². The Morgan fingerprint density at radius 3 is 2.81 bits per heavy atom. The summed E-state index contributed by atoms with van der Waals surface area (Å²) in [5, 5.41) is 6.41. The average Bonchev–Trinajstić information content (AvgIpc) is 2.95. The van der Waals surface area contributed by atoms with E-state index in [0.717, 1.165) is 28.6 Å². The van der Waals surface area contributed by atoms with E-state index < -0.39 is 0 Å². The van der Waals surface area contributed by atoms with Crippen molar-refractivity contribution in [2.75, 3.05) is 12.4 Å². The molecule has 0 saturated heterocycles. The molecular formula is C16H23BrN2O2. The summed E-state index contributed by atoms with van der Waals surface area (Å²) in [6, 6.07) is 5.98. The first-order valence-electron chi connectivity index (χ1n) is 7.45. The molecule has 0 aliphatic heterocycles. The van der Waals surface area contributed by atoms with Crippen LogP contribution in [0.15, 0.2) is 22.7 Å². The van der Waals surface area contributed by atoms with Crippen LogP contribution in [0.5, 0.6) is 0 Å². The summed E-state index contributed by atoms with van der Waals surface area (Å²) in [4.78, 5) is 12.2. The van der Waals surface area contributed by atoms with Gasteiger partial charge in [-0.15, -0.1) is 0 Å². The van der Waals surface area contributed by atoms with E-state index in [0.29, 0.717) is 12.6 Å². The largest absolute Gasteiger partial charge is 0.380 e. The molecule has 1 aliphatic carbocycles. The molecular weight excluding hydrogens is 332 g/mol. The summed E-state index contributed by atoms with van der Waals surface area (Å²) in [6.45, 7) is 2.39. The van der Waals surface area contributed by atoms with Crippen LogP contribution in [0.25, 0.3) is 0 Å². The van der Waals surface area contributed by atoms with Crippen LogP contribution in [-0.4, -0.2) is 25.1 Å². The van der Waals surface area contributed by atoms with Crippen LogP contribution < -0.4 is 10.6 Å². The van der Waals surface area contributed by atoms with E-state index in [9.17, 15) is 4.79 Å². The molecule has 116 valence electrons. The van der Waals surface area contributed by atoms with Crippen molar-refractivity contribution in [3.05, 3.63) is 28.2 Å². The Morgan fingerprint density at radius 2 is 2.14 bits per heavy atom. The predicted octanol–water partition coefficient (Wildman–Crippen LogP) is 3.45. The van der Waals surface area contributed by atoms with Gasteiger partial charge in [-0.3, -0.25) is 4.79 Å². The van der Waals surface area contributed by atoms with Crippen molar-refractivity contribution in [1.29, 1.82) is 0 Å². The van der Waals surface area contributed by atoms with E-state index in [2.05, 4.69) is 26.6 Å². The summed E-state index contributed by atoms with van der Waals surface area (Å²) in [7, 11) is 1.67. The summed E-state index contributed by atoms with van der Waals surface area (Å²) in [5.41, 5.74) is 1.96. The van der Waals surface area contributed by atoms with E-state index in [1.54, 1.807) is 7.11 Å². The number of methoxy groups -OCH3 is 1. The van der Waals surface area contributed by atoms with Gasteiger partial charge in [-0.25, -0.2) is 0 Å². The number of anilines is 1. The van der Waals surface area contributed by atoms with Gasteiger partial charge in [0.1, 0.15) is 6.04 Å². The molecule has 21 heavy (non-hydrogen) atoms. The fourth-order valence-corrected chi connectivity index (χ4v) is 3.16. The Kier molecular flexibility index (Phi) is 6.06. The maximum Gasteiger partial charge on any atom is 0.242 e. The number of nitrogens with one attached hydrogen (secondary N) is 2. The molecule has 1 aromatic rings. The standard InChI is InChI=1S/C16H23BrN2O2/c1-11(16(20)19-12-6-3-4-7-12)18-15-9-5-8-14(17)13(15)10-21-2/h5,8-9,11-12,18H,3-4,6-7,10H2,1-2H3,(H,19,20). The molecule has 1 aromatic carbocycles. The van der Waals surface area contributed by atoms with Gasteiger partial charge >= 0.3 is 0 Å². The second kappa shape index (κ2) is 7.80. The normalized spacial score (nSPS) is 16.7. The molecule has 1 saturated carbocycles. The zero-order chi connectivity index (χ0) is 15.2. The van der Waals surface area contributed by atoms with E-state index in [-0.39, 0.29) is 11.9 Å². The molecule has 4 nitrogen and oxygen atoms in total. The van der Waals surface area contributed by atoms with Gasteiger partial charge in [0.2, 0.25) is 5.91 Å². The van der Waals surface area contributed by atoms with Gasteiger partial charge in [0, 0.05) is 28.9 Å². The fourth-order valence-electron chi connectivity index (χ4n) is 2.68. The zero-order valence-electron chi connectivity index (χ0n) is 12.6. The first kappa shape index (κ1) is 16.3.